The van der Waals surface area contributed by atoms with E-state index in [0.717, 1.165) is 28.4 Å². The Morgan fingerprint density at radius 3 is 2.59 bits per heavy atom. The Kier molecular flexibility index (Phi) is 5.95. The van der Waals surface area contributed by atoms with Gasteiger partial charge in [0.25, 0.3) is 0 Å². The van der Waals surface area contributed by atoms with Crippen LogP contribution in [0.15, 0.2) is 24.3 Å². The third-order valence-electron chi connectivity index (χ3n) is 3.87. The topological polar surface area (TPSA) is 48.1 Å². The first-order chi connectivity index (χ1) is 10.6. The van der Waals surface area contributed by atoms with E-state index in [1.165, 1.54) is 16.7 Å². The number of pyridine rings is 1. The van der Waals surface area contributed by atoms with Gasteiger partial charge in [0.05, 0.1) is 18.9 Å². The molecule has 3 nitrogen and oxygen atoms in total. The van der Waals surface area contributed by atoms with Crippen LogP contribution in [0.5, 0.6) is 0 Å². The molecule has 0 bridgehead atoms. The molecule has 0 saturated heterocycles. The van der Waals surface area contributed by atoms with Crippen molar-refractivity contribution in [3.05, 3.63) is 51.8 Å². The molecule has 0 saturated carbocycles. The van der Waals surface area contributed by atoms with Gasteiger partial charge in [-0.25, -0.2) is 0 Å². The number of rotatable bonds is 6. The van der Waals surface area contributed by atoms with E-state index in [-0.39, 0.29) is 0 Å². The summed E-state index contributed by atoms with van der Waals surface area (Å²) in [7, 11) is 0. The molecule has 1 aromatic heterocycles. The summed E-state index contributed by atoms with van der Waals surface area (Å²) < 4.78 is 5.61. The van der Waals surface area contributed by atoms with Crippen LogP contribution in [0.3, 0.4) is 0 Å². The van der Waals surface area contributed by atoms with E-state index in [2.05, 4.69) is 19.9 Å². The fourth-order valence-corrected chi connectivity index (χ4v) is 2.92. The molecule has 2 N–H and O–H groups in total. The number of hydrogen-bond donors (Lipinski definition) is 1. The number of aromatic nitrogens is 1. The Hall–Kier alpha value is -1.42. The van der Waals surface area contributed by atoms with Crippen LogP contribution in [-0.4, -0.2) is 18.1 Å². The van der Waals surface area contributed by atoms with Crippen molar-refractivity contribution in [2.75, 3.05) is 13.2 Å². The molecule has 0 radical (unpaired) electrons. The maximum Gasteiger partial charge on any atom is 0.0891 e. The van der Waals surface area contributed by atoms with Gasteiger partial charge in [0, 0.05) is 22.8 Å². The number of nitrogens with zero attached hydrogens (tertiary/aromatic N) is 1. The van der Waals surface area contributed by atoms with Crippen LogP contribution in [0.4, 0.5) is 0 Å². The van der Waals surface area contributed by atoms with Crippen molar-refractivity contribution in [1.29, 1.82) is 0 Å². The maximum absolute atomic E-state index is 6.42. The summed E-state index contributed by atoms with van der Waals surface area (Å²) >= 11 is 6.42. The highest BCUT2D eigenvalue weighted by Crippen LogP contribution is 2.35. The Labute approximate surface area is 137 Å². The summed E-state index contributed by atoms with van der Waals surface area (Å²) in [6.45, 7) is 7.81. The predicted octanol–water partition coefficient (Wildman–Crippen LogP) is 4.06. The van der Waals surface area contributed by atoms with Crippen LogP contribution in [0.25, 0.3) is 11.1 Å². The molecular weight excluding hydrogens is 296 g/mol. The number of benzene rings is 1. The molecule has 1 aromatic carbocycles. The van der Waals surface area contributed by atoms with Crippen molar-refractivity contribution in [3.8, 4) is 11.1 Å². The molecule has 0 aliphatic carbocycles. The van der Waals surface area contributed by atoms with Crippen molar-refractivity contribution in [1.82, 2.24) is 4.98 Å². The average molecular weight is 319 g/mol. The minimum atomic E-state index is 0.485. The summed E-state index contributed by atoms with van der Waals surface area (Å²) in [4.78, 5) is 4.72. The third kappa shape index (κ3) is 3.49. The Bertz CT molecular complexity index is 656. The first-order valence-electron chi connectivity index (χ1n) is 7.61. The lowest BCUT2D eigenvalue weighted by Gasteiger charge is -2.19. The molecule has 0 fully saturated rings. The summed E-state index contributed by atoms with van der Waals surface area (Å²) in [5, 5.41) is 0.764. The zero-order chi connectivity index (χ0) is 16.1. The van der Waals surface area contributed by atoms with Crippen LogP contribution < -0.4 is 5.73 Å². The second-order valence-electron chi connectivity index (χ2n) is 5.30. The summed E-state index contributed by atoms with van der Waals surface area (Å²) in [6, 6.07) is 7.95. The van der Waals surface area contributed by atoms with Crippen molar-refractivity contribution in [2.24, 2.45) is 5.73 Å². The van der Waals surface area contributed by atoms with E-state index >= 15 is 0 Å². The van der Waals surface area contributed by atoms with E-state index in [4.69, 9.17) is 27.1 Å². The summed E-state index contributed by atoms with van der Waals surface area (Å²) in [5.74, 6) is 0. The number of ether oxygens (including phenoxy) is 1. The van der Waals surface area contributed by atoms with E-state index in [9.17, 15) is 0 Å². The second kappa shape index (κ2) is 7.73. The van der Waals surface area contributed by atoms with Gasteiger partial charge in [-0.1, -0.05) is 36.7 Å². The molecule has 0 aliphatic heterocycles. The van der Waals surface area contributed by atoms with Crippen molar-refractivity contribution in [2.45, 2.75) is 33.8 Å². The quantitative estimate of drug-likeness (QED) is 0.817. The monoisotopic (exact) mass is 318 g/mol. The van der Waals surface area contributed by atoms with Gasteiger partial charge in [-0.2, -0.15) is 0 Å². The zero-order valence-electron chi connectivity index (χ0n) is 13.4. The number of nitrogens with two attached hydrogens (primary N) is 1. The highest BCUT2D eigenvalue weighted by molar-refractivity contribution is 6.33. The van der Waals surface area contributed by atoms with E-state index < -0.39 is 0 Å². The minimum Gasteiger partial charge on any atom is -0.374 e. The lowest BCUT2D eigenvalue weighted by atomic mass is 9.92. The molecule has 0 atom stereocenters. The normalized spacial score (nSPS) is 11.0. The van der Waals surface area contributed by atoms with Gasteiger partial charge in [-0.05, 0) is 43.0 Å². The van der Waals surface area contributed by atoms with Crippen molar-refractivity contribution < 1.29 is 4.74 Å². The second-order valence-corrected chi connectivity index (χ2v) is 5.70. The molecule has 118 valence electrons. The largest absolute Gasteiger partial charge is 0.374 e. The van der Waals surface area contributed by atoms with E-state index in [1.807, 2.05) is 25.1 Å². The molecule has 0 aliphatic rings. The minimum absolute atomic E-state index is 0.485. The van der Waals surface area contributed by atoms with Crippen molar-refractivity contribution in [3.63, 3.8) is 0 Å². The number of halogens is 1. The lowest BCUT2D eigenvalue weighted by Crippen LogP contribution is -2.11. The summed E-state index contributed by atoms with van der Waals surface area (Å²) in [6.07, 6.45) is 0.885. The molecule has 2 rings (SSSR count). The number of hydrogen-bond acceptors (Lipinski definition) is 3. The van der Waals surface area contributed by atoms with Gasteiger partial charge < -0.3 is 10.5 Å². The average Bonchev–Trinajstić information content (AvgIpc) is 2.51. The Balaban J connectivity index is 2.59. The highest BCUT2D eigenvalue weighted by atomic mass is 35.5. The Morgan fingerprint density at radius 1 is 1.23 bits per heavy atom. The van der Waals surface area contributed by atoms with E-state index in [0.29, 0.717) is 19.8 Å². The Morgan fingerprint density at radius 2 is 1.95 bits per heavy atom. The molecule has 0 unspecified atom stereocenters. The lowest BCUT2D eigenvalue weighted by molar-refractivity contribution is 0.125. The number of aryl methyl sites for hydroxylation is 1. The molecule has 0 amide bonds. The molecule has 4 heteroatoms. The maximum atomic E-state index is 6.42. The van der Waals surface area contributed by atoms with Gasteiger partial charge >= 0.3 is 0 Å². The third-order valence-corrected chi connectivity index (χ3v) is 4.20. The fraction of sp³-hybridized carbons (Fsp3) is 0.389. The predicted molar refractivity (Wildman–Crippen MR) is 92.2 cm³/mol. The standard InChI is InChI=1S/C18H23ClN2O/c1-4-14-17(11-22-10-9-20)21-13(3)12(2)18(14)15-7-5-6-8-16(15)19/h5-8H,4,9-11,20H2,1-3H3. The first kappa shape index (κ1) is 16.9. The van der Waals surface area contributed by atoms with Crippen LogP contribution in [0.2, 0.25) is 5.02 Å². The SMILES string of the molecule is CCc1c(COCCN)nc(C)c(C)c1-c1ccccc1Cl. The smallest absolute Gasteiger partial charge is 0.0891 e. The first-order valence-corrected chi connectivity index (χ1v) is 7.99. The van der Waals surface area contributed by atoms with Gasteiger partial charge in [0.1, 0.15) is 0 Å². The molecular formula is C18H23ClN2O. The van der Waals surface area contributed by atoms with E-state index in [1.54, 1.807) is 0 Å². The van der Waals surface area contributed by atoms with Gasteiger partial charge in [0.15, 0.2) is 0 Å². The van der Waals surface area contributed by atoms with Gasteiger partial charge in [0.2, 0.25) is 0 Å². The molecule has 22 heavy (non-hydrogen) atoms. The molecule has 2 aromatic rings. The van der Waals surface area contributed by atoms with Crippen LogP contribution in [-0.2, 0) is 17.8 Å². The molecule has 1 heterocycles. The van der Waals surface area contributed by atoms with Gasteiger partial charge in [-0.15, -0.1) is 0 Å². The fourth-order valence-electron chi connectivity index (χ4n) is 2.69. The van der Waals surface area contributed by atoms with Crippen LogP contribution in [0, 0.1) is 13.8 Å². The van der Waals surface area contributed by atoms with Crippen LogP contribution >= 0.6 is 11.6 Å². The molecule has 0 spiro atoms. The highest BCUT2D eigenvalue weighted by Gasteiger charge is 2.17. The van der Waals surface area contributed by atoms with Gasteiger partial charge in [-0.3, -0.25) is 4.98 Å². The zero-order valence-corrected chi connectivity index (χ0v) is 14.2. The van der Waals surface area contributed by atoms with Crippen LogP contribution in [0.1, 0.15) is 29.4 Å². The summed E-state index contributed by atoms with van der Waals surface area (Å²) in [5.41, 5.74) is 12.1. The van der Waals surface area contributed by atoms with Crippen molar-refractivity contribution >= 4 is 11.6 Å².